The molecule has 1 fully saturated rings. The number of rotatable bonds is 6. The lowest BCUT2D eigenvalue weighted by molar-refractivity contribution is -0.143. The predicted octanol–water partition coefficient (Wildman–Crippen LogP) is 5.42. The Bertz CT molecular complexity index is 932. The standard InChI is InChI=1S/C25H33F3N2O2/c1-5-14-30-20(10-11-21(30)25(26,27)28)24(4)12-15-29(16-13-24)22(31)19-8-6-18(7-9-19)17-23(2,3)32/h6-11,32H,5,12-17H2,1-4H3. The Morgan fingerprint density at radius 2 is 1.66 bits per heavy atom. The largest absolute Gasteiger partial charge is 0.431 e. The number of aromatic nitrogens is 1. The Morgan fingerprint density at radius 1 is 1.06 bits per heavy atom. The summed E-state index contributed by atoms with van der Waals surface area (Å²) in [5.41, 5.74) is 0.422. The monoisotopic (exact) mass is 450 g/mol. The molecule has 176 valence electrons. The van der Waals surface area contributed by atoms with Crippen molar-refractivity contribution in [2.75, 3.05) is 13.1 Å². The molecule has 2 aromatic rings. The van der Waals surface area contributed by atoms with Crippen LogP contribution in [0.15, 0.2) is 36.4 Å². The Morgan fingerprint density at radius 3 is 2.16 bits per heavy atom. The van der Waals surface area contributed by atoms with Gasteiger partial charge in [-0.3, -0.25) is 4.79 Å². The van der Waals surface area contributed by atoms with Crippen LogP contribution in [0.5, 0.6) is 0 Å². The Hall–Kier alpha value is -2.28. The summed E-state index contributed by atoms with van der Waals surface area (Å²) < 4.78 is 41.8. The number of amides is 1. The normalized spacial score (nSPS) is 16.9. The Kier molecular flexibility index (Phi) is 6.80. The summed E-state index contributed by atoms with van der Waals surface area (Å²) in [6, 6.07) is 10.1. The van der Waals surface area contributed by atoms with Crippen molar-refractivity contribution in [2.45, 2.75) is 77.1 Å². The van der Waals surface area contributed by atoms with Gasteiger partial charge in [0.05, 0.1) is 5.60 Å². The minimum atomic E-state index is -4.38. The topological polar surface area (TPSA) is 45.5 Å². The zero-order valence-corrected chi connectivity index (χ0v) is 19.3. The van der Waals surface area contributed by atoms with Crippen LogP contribution < -0.4 is 0 Å². The predicted molar refractivity (Wildman–Crippen MR) is 119 cm³/mol. The summed E-state index contributed by atoms with van der Waals surface area (Å²) in [6.45, 7) is 8.68. The number of aliphatic hydroxyl groups is 1. The van der Waals surface area contributed by atoms with E-state index in [0.29, 0.717) is 56.6 Å². The second-order valence-electron chi connectivity index (χ2n) is 9.79. The quantitative estimate of drug-likeness (QED) is 0.638. The SMILES string of the molecule is CCCn1c(C(F)(F)F)ccc1C1(C)CCN(C(=O)c2ccc(CC(C)(C)O)cc2)CC1. The zero-order chi connectivity index (χ0) is 23.7. The molecule has 0 saturated carbocycles. The highest BCUT2D eigenvalue weighted by Gasteiger charge is 2.40. The fourth-order valence-corrected chi connectivity index (χ4v) is 4.61. The highest BCUT2D eigenvalue weighted by Crippen LogP contribution is 2.40. The molecule has 1 saturated heterocycles. The van der Waals surface area contributed by atoms with E-state index in [-0.39, 0.29) is 5.91 Å². The number of piperidine rings is 1. The lowest BCUT2D eigenvalue weighted by Gasteiger charge is -2.40. The van der Waals surface area contributed by atoms with Gasteiger partial charge >= 0.3 is 6.18 Å². The minimum Gasteiger partial charge on any atom is -0.390 e. The molecule has 0 bridgehead atoms. The van der Waals surface area contributed by atoms with Crippen LogP contribution in [0.3, 0.4) is 0 Å². The molecule has 1 aromatic heterocycles. The van der Waals surface area contributed by atoms with Crippen LogP contribution in [0.2, 0.25) is 0 Å². The van der Waals surface area contributed by atoms with Gasteiger partial charge in [-0.2, -0.15) is 13.2 Å². The first kappa shape index (κ1) is 24.4. The van der Waals surface area contributed by atoms with Crippen LogP contribution in [-0.2, 0) is 24.6 Å². The molecule has 1 N–H and O–H groups in total. The van der Waals surface area contributed by atoms with E-state index in [0.717, 1.165) is 5.56 Å². The molecule has 4 nitrogen and oxygen atoms in total. The molecule has 7 heteroatoms. The van der Waals surface area contributed by atoms with E-state index in [9.17, 15) is 23.1 Å². The van der Waals surface area contributed by atoms with Crippen LogP contribution in [0.1, 0.15) is 74.3 Å². The van der Waals surface area contributed by atoms with Gasteiger partial charge < -0.3 is 14.6 Å². The molecule has 1 amide bonds. The van der Waals surface area contributed by atoms with Crippen molar-refractivity contribution in [3.63, 3.8) is 0 Å². The van der Waals surface area contributed by atoms with Gasteiger partial charge in [-0.25, -0.2) is 0 Å². The summed E-state index contributed by atoms with van der Waals surface area (Å²) in [4.78, 5) is 14.8. The number of hydrogen-bond acceptors (Lipinski definition) is 2. The number of benzene rings is 1. The summed E-state index contributed by atoms with van der Waals surface area (Å²) in [7, 11) is 0. The minimum absolute atomic E-state index is 0.0678. The smallest absolute Gasteiger partial charge is 0.390 e. The molecule has 0 spiro atoms. The van der Waals surface area contributed by atoms with E-state index in [2.05, 4.69) is 0 Å². The first-order chi connectivity index (χ1) is 14.8. The molecule has 1 aliphatic rings. The number of hydrogen-bond donors (Lipinski definition) is 1. The lowest BCUT2D eigenvalue weighted by atomic mass is 9.77. The van der Waals surface area contributed by atoms with E-state index in [1.165, 1.54) is 10.6 Å². The summed E-state index contributed by atoms with van der Waals surface area (Å²) in [5.74, 6) is -0.0678. The fraction of sp³-hybridized carbons (Fsp3) is 0.560. The van der Waals surface area contributed by atoms with Gasteiger partial charge in [0.25, 0.3) is 5.91 Å². The van der Waals surface area contributed by atoms with Crippen LogP contribution in [0.25, 0.3) is 0 Å². The number of carbonyl (C=O) groups is 1. The third-order valence-electron chi connectivity index (χ3n) is 6.33. The Balaban J connectivity index is 1.72. The first-order valence-corrected chi connectivity index (χ1v) is 11.2. The molecule has 1 aromatic carbocycles. The molecule has 1 aliphatic heterocycles. The highest BCUT2D eigenvalue weighted by molar-refractivity contribution is 5.94. The van der Waals surface area contributed by atoms with Crippen molar-refractivity contribution < 1.29 is 23.1 Å². The molecular weight excluding hydrogens is 417 g/mol. The Labute approximate surface area is 188 Å². The number of halogens is 3. The number of likely N-dealkylation sites (tertiary alicyclic amines) is 1. The van der Waals surface area contributed by atoms with Crippen molar-refractivity contribution in [3.8, 4) is 0 Å². The van der Waals surface area contributed by atoms with Gasteiger partial charge in [-0.1, -0.05) is 26.0 Å². The number of carbonyl (C=O) groups excluding carboxylic acids is 1. The van der Waals surface area contributed by atoms with E-state index in [1.54, 1.807) is 36.9 Å². The molecule has 0 radical (unpaired) electrons. The zero-order valence-electron chi connectivity index (χ0n) is 19.3. The summed E-state index contributed by atoms with van der Waals surface area (Å²) >= 11 is 0. The van der Waals surface area contributed by atoms with Crippen molar-refractivity contribution in [1.82, 2.24) is 9.47 Å². The molecule has 0 unspecified atom stereocenters. The second kappa shape index (κ2) is 8.93. The lowest BCUT2D eigenvalue weighted by Crippen LogP contribution is -2.44. The van der Waals surface area contributed by atoms with Crippen molar-refractivity contribution in [1.29, 1.82) is 0 Å². The van der Waals surface area contributed by atoms with E-state index >= 15 is 0 Å². The maximum atomic E-state index is 13.5. The number of alkyl halides is 3. The van der Waals surface area contributed by atoms with E-state index in [4.69, 9.17) is 0 Å². The third-order valence-corrected chi connectivity index (χ3v) is 6.33. The van der Waals surface area contributed by atoms with Crippen molar-refractivity contribution in [3.05, 3.63) is 58.9 Å². The maximum Gasteiger partial charge on any atom is 0.431 e. The van der Waals surface area contributed by atoms with Crippen LogP contribution in [-0.4, -0.2) is 39.2 Å². The highest BCUT2D eigenvalue weighted by atomic mass is 19.4. The van der Waals surface area contributed by atoms with Crippen molar-refractivity contribution in [2.24, 2.45) is 0 Å². The van der Waals surface area contributed by atoms with Gasteiger partial charge in [0, 0.05) is 42.7 Å². The van der Waals surface area contributed by atoms with Gasteiger partial charge in [-0.15, -0.1) is 0 Å². The fourth-order valence-electron chi connectivity index (χ4n) is 4.61. The van der Waals surface area contributed by atoms with Gasteiger partial charge in [0.1, 0.15) is 5.69 Å². The molecule has 0 atom stereocenters. The van der Waals surface area contributed by atoms with Crippen LogP contribution in [0.4, 0.5) is 13.2 Å². The molecule has 0 aliphatic carbocycles. The molecule has 32 heavy (non-hydrogen) atoms. The van der Waals surface area contributed by atoms with E-state index < -0.39 is 22.9 Å². The molecule has 2 heterocycles. The van der Waals surface area contributed by atoms with Gasteiger partial charge in [0.2, 0.25) is 0 Å². The average molecular weight is 451 g/mol. The summed E-state index contributed by atoms with van der Waals surface area (Å²) in [6.07, 6.45) is -2.03. The third kappa shape index (κ3) is 5.37. The van der Waals surface area contributed by atoms with Crippen LogP contribution >= 0.6 is 0 Å². The van der Waals surface area contributed by atoms with Crippen LogP contribution in [0, 0.1) is 0 Å². The summed E-state index contributed by atoms with van der Waals surface area (Å²) in [5, 5.41) is 9.96. The van der Waals surface area contributed by atoms with E-state index in [1.807, 2.05) is 26.0 Å². The maximum absolute atomic E-state index is 13.5. The first-order valence-electron chi connectivity index (χ1n) is 11.2. The second-order valence-corrected chi connectivity index (χ2v) is 9.79. The number of nitrogens with zero attached hydrogens (tertiary/aromatic N) is 2. The van der Waals surface area contributed by atoms with Gasteiger partial charge in [-0.05, 0) is 62.9 Å². The van der Waals surface area contributed by atoms with Gasteiger partial charge in [0.15, 0.2) is 0 Å². The van der Waals surface area contributed by atoms with Crippen molar-refractivity contribution >= 4 is 5.91 Å². The average Bonchev–Trinajstić information content (AvgIpc) is 3.13. The molecular formula is C25H33F3N2O2. The molecule has 3 rings (SSSR count).